The van der Waals surface area contributed by atoms with Gasteiger partial charge >= 0.3 is 0 Å². The normalized spacial score (nSPS) is 17.5. The second-order valence-electron chi connectivity index (χ2n) is 6.92. The van der Waals surface area contributed by atoms with Crippen molar-refractivity contribution in [1.82, 2.24) is 19.9 Å². The molecule has 3 rings (SSSR count). The minimum Gasteiger partial charge on any atom is -0.384 e. The summed E-state index contributed by atoms with van der Waals surface area (Å²) in [6, 6.07) is 3.06. The molecular weight excluding hydrogens is 370 g/mol. The predicted octanol–water partition coefficient (Wildman–Crippen LogP) is 2.16. The van der Waals surface area contributed by atoms with E-state index < -0.39 is 11.6 Å². The Morgan fingerprint density at radius 1 is 1.39 bits per heavy atom. The number of nitrogens with zero attached hydrogens (tertiary/aromatic N) is 4. The lowest BCUT2D eigenvalue weighted by Gasteiger charge is -2.36. The minimum absolute atomic E-state index is 0.0865. The van der Waals surface area contributed by atoms with Crippen molar-refractivity contribution >= 4 is 5.91 Å². The monoisotopic (exact) mass is 394 g/mol. The Bertz CT molecular complexity index is 814. The van der Waals surface area contributed by atoms with Crippen LogP contribution in [0.15, 0.2) is 22.7 Å². The molecule has 1 aromatic heterocycles. The molecule has 7 nitrogen and oxygen atoms in total. The van der Waals surface area contributed by atoms with E-state index in [1.54, 1.807) is 12.0 Å². The van der Waals surface area contributed by atoms with E-state index in [1.807, 2.05) is 11.9 Å². The molecule has 1 saturated heterocycles. The van der Waals surface area contributed by atoms with Gasteiger partial charge in [-0.2, -0.15) is 4.98 Å². The van der Waals surface area contributed by atoms with Gasteiger partial charge in [-0.15, -0.1) is 0 Å². The number of likely N-dealkylation sites (tertiary alicyclic amines) is 1. The maximum absolute atomic E-state index is 13.9. The molecule has 1 fully saturated rings. The summed E-state index contributed by atoms with van der Waals surface area (Å²) in [5.41, 5.74) is 0.303. The highest BCUT2D eigenvalue weighted by Crippen LogP contribution is 2.21. The van der Waals surface area contributed by atoms with Gasteiger partial charge in [-0.3, -0.25) is 9.69 Å². The van der Waals surface area contributed by atoms with Crippen molar-refractivity contribution in [2.45, 2.75) is 38.4 Å². The first-order chi connectivity index (χ1) is 13.5. The van der Waals surface area contributed by atoms with E-state index in [9.17, 15) is 13.6 Å². The van der Waals surface area contributed by atoms with E-state index in [4.69, 9.17) is 9.26 Å². The first kappa shape index (κ1) is 20.3. The molecule has 28 heavy (non-hydrogen) atoms. The van der Waals surface area contributed by atoms with Crippen LogP contribution in [0, 0.1) is 11.6 Å². The zero-order valence-electron chi connectivity index (χ0n) is 16.0. The summed E-state index contributed by atoms with van der Waals surface area (Å²) in [5, 5.41) is 3.90. The number of hydrogen-bond donors (Lipinski definition) is 0. The van der Waals surface area contributed by atoms with Crippen LogP contribution in [0.1, 0.15) is 30.1 Å². The maximum Gasteiger partial charge on any atom is 0.240 e. The molecule has 1 aromatic carbocycles. The lowest BCUT2D eigenvalue weighted by atomic mass is 10.0. The van der Waals surface area contributed by atoms with Crippen LogP contribution in [0.5, 0.6) is 0 Å². The maximum atomic E-state index is 13.9. The first-order valence-electron chi connectivity index (χ1n) is 9.21. The number of piperidine rings is 1. The molecule has 1 unspecified atom stereocenters. The molecule has 0 radical (unpaired) electrons. The number of methoxy groups -OCH3 is 1. The van der Waals surface area contributed by atoms with E-state index in [-0.39, 0.29) is 18.5 Å². The lowest BCUT2D eigenvalue weighted by Crippen LogP contribution is -2.50. The van der Waals surface area contributed by atoms with Crippen molar-refractivity contribution < 1.29 is 22.8 Å². The van der Waals surface area contributed by atoms with E-state index >= 15 is 0 Å². The third-order valence-corrected chi connectivity index (χ3v) is 4.84. The molecule has 0 N–H and O–H groups in total. The first-order valence-corrected chi connectivity index (χ1v) is 9.21. The van der Waals surface area contributed by atoms with Crippen LogP contribution in [-0.2, 0) is 29.0 Å². The fourth-order valence-corrected chi connectivity index (χ4v) is 3.31. The third-order valence-electron chi connectivity index (χ3n) is 4.84. The number of ether oxygens (including phenoxy) is 1. The SMILES string of the molecule is COCCc1noc(CN(C)C2CCCN(Cc3ccc(F)cc3F)C2=O)n1. The molecule has 0 saturated carbocycles. The van der Waals surface area contributed by atoms with Gasteiger partial charge in [0, 0.05) is 38.2 Å². The number of likely N-dealkylation sites (N-methyl/N-ethyl adjacent to an activating group) is 1. The second-order valence-corrected chi connectivity index (χ2v) is 6.92. The highest BCUT2D eigenvalue weighted by Gasteiger charge is 2.32. The Morgan fingerprint density at radius 2 is 2.21 bits per heavy atom. The number of carbonyl (C=O) groups excluding carboxylic acids is 1. The Balaban J connectivity index is 1.62. The third kappa shape index (κ3) is 4.90. The molecule has 2 aromatic rings. The fourth-order valence-electron chi connectivity index (χ4n) is 3.31. The standard InChI is InChI=1S/C19H24F2N4O3/c1-24(12-18-22-17(23-28-18)7-9-27-2)16-4-3-8-25(19(16)26)11-13-5-6-14(20)10-15(13)21/h5-6,10,16H,3-4,7-9,11-12H2,1-2H3. The summed E-state index contributed by atoms with van der Waals surface area (Å²) in [7, 11) is 3.43. The van der Waals surface area contributed by atoms with Crippen molar-refractivity contribution in [2.24, 2.45) is 0 Å². The molecule has 0 aliphatic carbocycles. The molecular formula is C19H24F2N4O3. The summed E-state index contributed by atoms with van der Waals surface area (Å²) >= 11 is 0. The Kier molecular flexibility index (Phi) is 6.69. The summed E-state index contributed by atoms with van der Waals surface area (Å²) in [6.07, 6.45) is 2.05. The van der Waals surface area contributed by atoms with Gasteiger partial charge in [0.15, 0.2) is 5.82 Å². The molecule has 152 valence electrons. The average Bonchev–Trinajstić information content (AvgIpc) is 3.11. The molecule has 1 atom stereocenters. The predicted molar refractivity (Wildman–Crippen MR) is 96.1 cm³/mol. The number of aromatic nitrogens is 2. The highest BCUT2D eigenvalue weighted by molar-refractivity contribution is 5.82. The van der Waals surface area contributed by atoms with Gasteiger partial charge in [-0.1, -0.05) is 11.2 Å². The van der Waals surface area contributed by atoms with E-state index in [2.05, 4.69) is 10.1 Å². The topological polar surface area (TPSA) is 71.7 Å². The fraction of sp³-hybridized carbons (Fsp3) is 0.526. The van der Waals surface area contributed by atoms with Gasteiger partial charge in [-0.25, -0.2) is 8.78 Å². The quantitative estimate of drug-likeness (QED) is 0.683. The Hall–Kier alpha value is -2.39. The Morgan fingerprint density at radius 3 is 2.96 bits per heavy atom. The zero-order chi connectivity index (χ0) is 20.1. The summed E-state index contributed by atoms with van der Waals surface area (Å²) in [5.74, 6) is -0.362. The van der Waals surface area contributed by atoms with Crippen LogP contribution in [0.3, 0.4) is 0 Å². The van der Waals surface area contributed by atoms with Crippen molar-refractivity contribution in [2.75, 3.05) is 27.3 Å². The Labute approximate surface area is 162 Å². The summed E-state index contributed by atoms with van der Waals surface area (Å²) in [6.45, 7) is 1.51. The van der Waals surface area contributed by atoms with Gasteiger partial charge in [0.1, 0.15) is 11.6 Å². The van der Waals surface area contributed by atoms with Crippen LogP contribution in [0.4, 0.5) is 8.78 Å². The van der Waals surface area contributed by atoms with Gasteiger partial charge in [0.05, 0.1) is 19.2 Å². The lowest BCUT2D eigenvalue weighted by molar-refractivity contribution is -0.140. The van der Waals surface area contributed by atoms with E-state index in [0.717, 1.165) is 12.5 Å². The van der Waals surface area contributed by atoms with Gasteiger partial charge in [-0.05, 0) is 26.0 Å². The molecule has 0 spiro atoms. The van der Waals surface area contributed by atoms with Gasteiger partial charge in [0.25, 0.3) is 0 Å². The second kappa shape index (κ2) is 9.20. The molecule has 2 heterocycles. The number of rotatable bonds is 8. The van der Waals surface area contributed by atoms with E-state index in [0.29, 0.717) is 49.8 Å². The molecule has 1 amide bonds. The van der Waals surface area contributed by atoms with E-state index in [1.165, 1.54) is 12.1 Å². The minimum atomic E-state index is -0.641. The number of benzene rings is 1. The molecule has 0 bridgehead atoms. The zero-order valence-corrected chi connectivity index (χ0v) is 16.0. The van der Waals surface area contributed by atoms with Crippen LogP contribution in [0.25, 0.3) is 0 Å². The largest absolute Gasteiger partial charge is 0.384 e. The van der Waals surface area contributed by atoms with Crippen molar-refractivity contribution in [3.05, 3.63) is 47.1 Å². The number of hydrogen-bond acceptors (Lipinski definition) is 6. The van der Waals surface area contributed by atoms with Crippen LogP contribution >= 0.6 is 0 Å². The van der Waals surface area contributed by atoms with Gasteiger partial charge < -0.3 is 14.2 Å². The number of carbonyl (C=O) groups is 1. The van der Waals surface area contributed by atoms with Crippen LogP contribution in [-0.4, -0.2) is 59.2 Å². The van der Waals surface area contributed by atoms with Crippen LogP contribution in [0.2, 0.25) is 0 Å². The summed E-state index contributed by atoms with van der Waals surface area (Å²) < 4.78 is 37.3. The van der Waals surface area contributed by atoms with Crippen molar-refractivity contribution in [3.8, 4) is 0 Å². The summed E-state index contributed by atoms with van der Waals surface area (Å²) in [4.78, 5) is 20.7. The van der Waals surface area contributed by atoms with Crippen molar-refractivity contribution in [3.63, 3.8) is 0 Å². The highest BCUT2D eigenvalue weighted by atomic mass is 19.1. The van der Waals surface area contributed by atoms with Gasteiger partial charge in [0.2, 0.25) is 11.8 Å². The molecule has 1 aliphatic rings. The van der Waals surface area contributed by atoms with Crippen molar-refractivity contribution in [1.29, 1.82) is 0 Å². The molecule has 1 aliphatic heterocycles. The molecule has 9 heteroatoms. The number of amides is 1. The van der Waals surface area contributed by atoms with Crippen LogP contribution < -0.4 is 0 Å². The smallest absolute Gasteiger partial charge is 0.240 e. The number of halogens is 2. The average molecular weight is 394 g/mol.